The van der Waals surface area contributed by atoms with Crippen LogP contribution in [0.5, 0.6) is 0 Å². The van der Waals surface area contributed by atoms with Crippen LogP contribution in [0.3, 0.4) is 0 Å². The summed E-state index contributed by atoms with van der Waals surface area (Å²) >= 11 is 1.05. The Labute approximate surface area is 104 Å². The number of anilines is 1. The summed E-state index contributed by atoms with van der Waals surface area (Å²) in [7, 11) is 0. The van der Waals surface area contributed by atoms with Gasteiger partial charge in [0.15, 0.2) is 0 Å². The fourth-order valence-electron chi connectivity index (χ4n) is 1.60. The zero-order chi connectivity index (χ0) is 12.3. The molecule has 17 heavy (non-hydrogen) atoms. The maximum Gasteiger partial charge on any atom is 0.289 e. The molecule has 0 atom stereocenters. The first-order valence-corrected chi connectivity index (χ1v) is 6.36. The predicted molar refractivity (Wildman–Crippen MR) is 66.8 cm³/mol. The van der Waals surface area contributed by atoms with E-state index in [4.69, 9.17) is 0 Å². The number of amides is 2. The Kier molecular flexibility index (Phi) is 3.63. The third kappa shape index (κ3) is 2.58. The number of hydrogen-bond acceptors (Lipinski definition) is 5. The lowest BCUT2D eigenvalue weighted by atomic mass is 10.2. The standard InChI is InChI=1S/C11H13N3O2S/c1-2-12-10-8(4-3-5-13-10)6-14-9(15)7-17-11(14)16/h3-5H,2,6-7H2,1H3,(H,12,13). The van der Waals surface area contributed by atoms with Crippen molar-refractivity contribution in [3.63, 3.8) is 0 Å². The first kappa shape index (κ1) is 11.9. The van der Waals surface area contributed by atoms with Crippen LogP contribution < -0.4 is 5.32 Å². The lowest BCUT2D eigenvalue weighted by Gasteiger charge is -2.15. The van der Waals surface area contributed by atoms with E-state index in [2.05, 4.69) is 10.3 Å². The molecule has 0 unspecified atom stereocenters. The Hall–Kier alpha value is -1.56. The average Bonchev–Trinajstić information content (AvgIpc) is 2.64. The van der Waals surface area contributed by atoms with E-state index in [-0.39, 0.29) is 16.9 Å². The van der Waals surface area contributed by atoms with Crippen LogP contribution in [-0.4, -0.2) is 33.3 Å². The number of pyridine rings is 1. The highest BCUT2D eigenvalue weighted by molar-refractivity contribution is 8.14. The Bertz CT molecular complexity index is 434. The van der Waals surface area contributed by atoms with Gasteiger partial charge in [0, 0.05) is 18.3 Å². The van der Waals surface area contributed by atoms with Gasteiger partial charge < -0.3 is 5.32 Å². The Balaban J connectivity index is 2.17. The van der Waals surface area contributed by atoms with Crippen LogP contribution in [0, 0.1) is 0 Å². The molecule has 1 saturated heterocycles. The quantitative estimate of drug-likeness (QED) is 0.882. The smallest absolute Gasteiger partial charge is 0.289 e. The minimum atomic E-state index is -0.179. The van der Waals surface area contributed by atoms with Crippen molar-refractivity contribution >= 4 is 28.7 Å². The third-order valence-electron chi connectivity index (χ3n) is 2.40. The topological polar surface area (TPSA) is 62.3 Å². The molecule has 2 amide bonds. The molecular weight excluding hydrogens is 238 g/mol. The van der Waals surface area contributed by atoms with E-state index in [1.54, 1.807) is 12.3 Å². The maximum atomic E-state index is 11.5. The molecule has 6 heteroatoms. The molecule has 2 rings (SSSR count). The molecule has 0 spiro atoms. The molecule has 0 aliphatic carbocycles. The predicted octanol–water partition coefficient (Wildman–Crippen LogP) is 1.71. The number of carbonyl (C=O) groups excluding carboxylic acids is 2. The maximum absolute atomic E-state index is 11.5. The van der Waals surface area contributed by atoms with Gasteiger partial charge in [-0.15, -0.1) is 0 Å². The van der Waals surface area contributed by atoms with E-state index >= 15 is 0 Å². The zero-order valence-electron chi connectivity index (χ0n) is 9.47. The molecule has 0 bridgehead atoms. The highest BCUT2D eigenvalue weighted by Crippen LogP contribution is 2.23. The highest BCUT2D eigenvalue weighted by atomic mass is 32.2. The summed E-state index contributed by atoms with van der Waals surface area (Å²) < 4.78 is 0. The van der Waals surface area contributed by atoms with Gasteiger partial charge in [0.05, 0.1) is 12.3 Å². The summed E-state index contributed by atoms with van der Waals surface area (Å²) in [5.74, 6) is 0.842. The minimum Gasteiger partial charge on any atom is -0.370 e. The fourth-order valence-corrected chi connectivity index (χ4v) is 2.32. The molecule has 1 aromatic rings. The van der Waals surface area contributed by atoms with Crippen molar-refractivity contribution in [1.82, 2.24) is 9.88 Å². The SMILES string of the molecule is CCNc1ncccc1CN1C(=O)CSC1=O. The van der Waals surface area contributed by atoms with Crippen molar-refractivity contribution in [1.29, 1.82) is 0 Å². The van der Waals surface area contributed by atoms with Gasteiger partial charge in [-0.05, 0) is 13.0 Å². The van der Waals surface area contributed by atoms with Gasteiger partial charge in [-0.3, -0.25) is 14.5 Å². The second-order valence-corrected chi connectivity index (χ2v) is 4.50. The van der Waals surface area contributed by atoms with Gasteiger partial charge in [-0.1, -0.05) is 17.8 Å². The van der Waals surface area contributed by atoms with Gasteiger partial charge in [-0.2, -0.15) is 0 Å². The number of carbonyl (C=O) groups is 2. The molecule has 1 aliphatic heterocycles. The molecule has 0 aromatic carbocycles. The van der Waals surface area contributed by atoms with Crippen molar-refractivity contribution < 1.29 is 9.59 Å². The van der Waals surface area contributed by atoms with E-state index in [0.717, 1.165) is 29.7 Å². The van der Waals surface area contributed by atoms with Crippen LogP contribution in [0.15, 0.2) is 18.3 Å². The van der Waals surface area contributed by atoms with Crippen molar-refractivity contribution in [2.24, 2.45) is 0 Å². The van der Waals surface area contributed by atoms with E-state index in [0.29, 0.717) is 6.54 Å². The van der Waals surface area contributed by atoms with Crippen molar-refractivity contribution in [3.05, 3.63) is 23.9 Å². The van der Waals surface area contributed by atoms with Crippen molar-refractivity contribution in [3.8, 4) is 0 Å². The monoisotopic (exact) mass is 251 g/mol. The number of thioether (sulfide) groups is 1. The second-order valence-electron chi connectivity index (χ2n) is 3.58. The normalized spacial score (nSPS) is 15.5. The lowest BCUT2D eigenvalue weighted by Crippen LogP contribution is -2.28. The molecule has 0 saturated carbocycles. The van der Waals surface area contributed by atoms with Crippen LogP contribution in [0.1, 0.15) is 12.5 Å². The average molecular weight is 251 g/mol. The highest BCUT2D eigenvalue weighted by Gasteiger charge is 2.30. The Morgan fingerprint density at radius 3 is 3.00 bits per heavy atom. The third-order valence-corrected chi connectivity index (χ3v) is 3.26. The minimum absolute atomic E-state index is 0.133. The summed E-state index contributed by atoms with van der Waals surface area (Å²) in [6.45, 7) is 3.02. The van der Waals surface area contributed by atoms with Gasteiger partial charge >= 0.3 is 0 Å². The first-order chi connectivity index (χ1) is 8.22. The van der Waals surface area contributed by atoms with Gasteiger partial charge in [0.1, 0.15) is 5.82 Å². The zero-order valence-corrected chi connectivity index (χ0v) is 10.3. The molecule has 1 aromatic heterocycles. The molecule has 1 aliphatic rings. The number of hydrogen-bond donors (Lipinski definition) is 1. The van der Waals surface area contributed by atoms with Crippen LogP contribution in [-0.2, 0) is 11.3 Å². The van der Waals surface area contributed by atoms with Crippen LogP contribution in [0.4, 0.5) is 10.6 Å². The van der Waals surface area contributed by atoms with Gasteiger partial charge in [-0.25, -0.2) is 4.98 Å². The lowest BCUT2D eigenvalue weighted by molar-refractivity contribution is -0.125. The molecular formula is C11H13N3O2S. The van der Waals surface area contributed by atoms with Crippen molar-refractivity contribution in [2.75, 3.05) is 17.6 Å². The number of nitrogens with one attached hydrogen (secondary N) is 1. The molecule has 90 valence electrons. The summed E-state index contributed by atoms with van der Waals surface area (Å²) in [5, 5.41) is 2.93. The van der Waals surface area contributed by atoms with E-state index in [1.165, 1.54) is 4.90 Å². The van der Waals surface area contributed by atoms with Gasteiger partial charge in [0.2, 0.25) is 5.91 Å². The van der Waals surface area contributed by atoms with E-state index < -0.39 is 0 Å². The molecule has 1 N–H and O–H groups in total. The largest absolute Gasteiger partial charge is 0.370 e. The number of rotatable bonds is 4. The molecule has 1 fully saturated rings. The van der Waals surface area contributed by atoms with Crippen LogP contribution in [0.2, 0.25) is 0 Å². The molecule has 5 nitrogen and oxygen atoms in total. The number of nitrogens with zero attached hydrogens (tertiary/aromatic N) is 2. The fraction of sp³-hybridized carbons (Fsp3) is 0.364. The summed E-state index contributed by atoms with van der Waals surface area (Å²) in [5.41, 5.74) is 0.860. The Morgan fingerprint density at radius 2 is 2.35 bits per heavy atom. The second kappa shape index (κ2) is 5.18. The van der Waals surface area contributed by atoms with E-state index in [9.17, 15) is 9.59 Å². The molecule has 0 radical (unpaired) electrons. The van der Waals surface area contributed by atoms with Gasteiger partial charge in [0.25, 0.3) is 5.24 Å². The summed E-state index contributed by atoms with van der Waals surface area (Å²) in [4.78, 5) is 28.4. The molecule has 2 heterocycles. The number of imide groups is 1. The summed E-state index contributed by atoms with van der Waals surface area (Å²) in [6, 6.07) is 3.67. The van der Waals surface area contributed by atoms with Crippen molar-refractivity contribution in [2.45, 2.75) is 13.5 Å². The summed E-state index contributed by atoms with van der Waals surface area (Å²) in [6.07, 6.45) is 1.68. The van der Waals surface area contributed by atoms with Crippen LogP contribution in [0.25, 0.3) is 0 Å². The first-order valence-electron chi connectivity index (χ1n) is 5.37. The van der Waals surface area contributed by atoms with E-state index in [1.807, 2.05) is 13.0 Å². The Morgan fingerprint density at radius 1 is 1.53 bits per heavy atom. The van der Waals surface area contributed by atoms with Crippen LogP contribution >= 0.6 is 11.8 Å². The number of aromatic nitrogens is 1.